The first-order valence-corrected chi connectivity index (χ1v) is 6.12. The molecule has 0 fully saturated rings. The first kappa shape index (κ1) is 12.7. The van der Waals surface area contributed by atoms with Crippen LogP contribution < -0.4 is 20.1 Å². The lowest BCUT2D eigenvalue weighted by Crippen LogP contribution is -2.44. The molecule has 0 aliphatic carbocycles. The van der Waals surface area contributed by atoms with E-state index < -0.39 is 6.10 Å². The summed E-state index contributed by atoms with van der Waals surface area (Å²) < 4.78 is 11.1. The monoisotopic (exact) mass is 250 g/mol. The summed E-state index contributed by atoms with van der Waals surface area (Å²) in [6.07, 6.45) is 0.335. The van der Waals surface area contributed by atoms with E-state index in [0.29, 0.717) is 18.0 Å². The molecule has 0 saturated heterocycles. The van der Waals surface area contributed by atoms with Gasteiger partial charge in [-0.05, 0) is 32.1 Å². The van der Waals surface area contributed by atoms with Crippen molar-refractivity contribution in [3.05, 3.63) is 24.3 Å². The number of hydrogen-bond acceptors (Lipinski definition) is 4. The van der Waals surface area contributed by atoms with Crippen LogP contribution in [0.4, 0.5) is 0 Å². The van der Waals surface area contributed by atoms with E-state index in [2.05, 4.69) is 10.6 Å². The van der Waals surface area contributed by atoms with Gasteiger partial charge in [0, 0.05) is 6.54 Å². The van der Waals surface area contributed by atoms with Gasteiger partial charge in [-0.25, -0.2) is 0 Å². The number of nitrogens with one attached hydrogen (secondary N) is 2. The fourth-order valence-corrected chi connectivity index (χ4v) is 1.74. The van der Waals surface area contributed by atoms with Crippen molar-refractivity contribution in [2.75, 3.05) is 26.7 Å². The summed E-state index contributed by atoms with van der Waals surface area (Å²) >= 11 is 0. The van der Waals surface area contributed by atoms with Crippen LogP contribution in [0.1, 0.15) is 6.42 Å². The van der Waals surface area contributed by atoms with Gasteiger partial charge >= 0.3 is 0 Å². The highest BCUT2D eigenvalue weighted by atomic mass is 16.6. The zero-order chi connectivity index (χ0) is 12.8. The molecule has 0 radical (unpaired) electrons. The summed E-state index contributed by atoms with van der Waals surface area (Å²) in [6.45, 7) is 1.78. The molecule has 1 aliphatic heterocycles. The molecule has 0 bridgehead atoms. The van der Waals surface area contributed by atoms with E-state index in [0.717, 1.165) is 13.0 Å². The molecule has 2 rings (SSSR count). The first-order chi connectivity index (χ1) is 8.81. The Morgan fingerprint density at radius 2 is 2.11 bits per heavy atom. The minimum Gasteiger partial charge on any atom is -0.485 e. The van der Waals surface area contributed by atoms with Crippen molar-refractivity contribution >= 4 is 5.91 Å². The van der Waals surface area contributed by atoms with Crippen LogP contribution in [0, 0.1) is 0 Å². The zero-order valence-electron chi connectivity index (χ0n) is 10.4. The van der Waals surface area contributed by atoms with E-state index in [1.165, 1.54) is 0 Å². The fraction of sp³-hybridized carbons (Fsp3) is 0.462. The lowest BCUT2D eigenvalue weighted by molar-refractivity contribution is -0.130. The molecule has 1 aromatic carbocycles. The van der Waals surface area contributed by atoms with Crippen LogP contribution in [-0.2, 0) is 4.79 Å². The van der Waals surface area contributed by atoms with Crippen LogP contribution in [0.3, 0.4) is 0 Å². The van der Waals surface area contributed by atoms with E-state index >= 15 is 0 Å². The second-order valence-corrected chi connectivity index (χ2v) is 4.11. The number of ether oxygens (including phenoxy) is 2. The lowest BCUT2D eigenvalue weighted by atomic mass is 10.2. The number of carbonyl (C=O) groups excluding carboxylic acids is 1. The Hall–Kier alpha value is -1.75. The van der Waals surface area contributed by atoms with Gasteiger partial charge in [-0.2, -0.15) is 0 Å². The van der Waals surface area contributed by atoms with E-state index in [9.17, 15) is 4.79 Å². The normalized spacial score (nSPS) is 17.3. The van der Waals surface area contributed by atoms with Gasteiger partial charge in [-0.3, -0.25) is 4.79 Å². The number of carbonyl (C=O) groups is 1. The molecule has 1 aromatic rings. The van der Waals surface area contributed by atoms with Crippen molar-refractivity contribution in [2.24, 2.45) is 0 Å². The zero-order valence-corrected chi connectivity index (χ0v) is 10.4. The van der Waals surface area contributed by atoms with Crippen LogP contribution in [0.2, 0.25) is 0 Å². The van der Waals surface area contributed by atoms with Crippen LogP contribution in [0.5, 0.6) is 11.5 Å². The molecule has 0 spiro atoms. The Bertz CT molecular complexity index is 409. The molecule has 5 nitrogen and oxygen atoms in total. The SMILES string of the molecule is CNCCCNC(=O)C1COc2ccccc2O1. The van der Waals surface area contributed by atoms with Crippen molar-refractivity contribution in [2.45, 2.75) is 12.5 Å². The summed E-state index contributed by atoms with van der Waals surface area (Å²) in [7, 11) is 1.89. The van der Waals surface area contributed by atoms with E-state index in [1.54, 1.807) is 6.07 Å². The average Bonchev–Trinajstić information content (AvgIpc) is 2.43. The van der Waals surface area contributed by atoms with Crippen LogP contribution in [-0.4, -0.2) is 38.8 Å². The number of hydrogen-bond donors (Lipinski definition) is 2. The minimum absolute atomic E-state index is 0.124. The lowest BCUT2D eigenvalue weighted by Gasteiger charge is -2.25. The van der Waals surface area contributed by atoms with Crippen molar-refractivity contribution < 1.29 is 14.3 Å². The van der Waals surface area contributed by atoms with Gasteiger partial charge in [0.1, 0.15) is 6.61 Å². The van der Waals surface area contributed by atoms with Crippen LogP contribution in [0.25, 0.3) is 0 Å². The molecule has 1 unspecified atom stereocenters. The quantitative estimate of drug-likeness (QED) is 0.749. The molecular weight excluding hydrogens is 232 g/mol. The Morgan fingerprint density at radius 3 is 2.89 bits per heavy atom. The fourth-order valence-electron chi connectivity index (χ4n) is 1.74. The van der Waals surface area contributed by atoms with Gasteiger partial charge in [0.15, 0.2) is 11.5 Å². The van der Waals surface area contributed by atoms with Crippen molar-refractivity contribution in [3.8, 4) is 11.5 Å². The topological polar surface area (TPSA) is 59.6 Å². The molecule has 2 N–H and O–H groups in total. The van der Waals surface area contributed by atoms with Gasteiger partial charge in [-0.1, -0.05) is 12.1 Å². The Labute approximate surface area is 106 Å². The summed E-state index contributed by atoms with van der Waals surface area (Å²) in [6, 6.07) is 7.36. The number of benzene rings is 1. The molecule has 1 amide bonds. The molecule has 18 heavy (non-hydrogen) atoms. The van der Waals surface area contributed by atoms with E-state index in [-0.39, 0.29) is 12.5 Å². The first-order valence-electron chi connectivity index (χ1n) is 6.12. The number of para-hydroxylation sites is 2. The molecular formula is C13H18N2O3. The van der Waals surface area contributed by atoms with Crippen molar-refractivity contribution in [3.63, 3.8) is 0 Å². The summed E-state index contributed by atoms with van der Waals surface area (Å²) in [5.74, 6) is 1.19. The highest BCUT2D eigenvalue weighted by Crippen LogP contribution is 2.30. The molecule has 98 valence electrons. The highest BCUT2D eigenvalue weighted by Gasteiger charge is 2.26. The highest BCUT2D eigenvalue weighted by molar-refractivity contribution is 5.81. The van der Waals surface area contributed by atoms with Crippen molar-refractivity contribution in [1.82, 2.24) is 10.6 Å². The van der Waals surface area contributed by atoms with Crippen LogP contribution in [0.15, 0.2) is 24.3 Å². The second-order valence-electron chi connectivity index (χ2n) is 4.11. The predicted octanol–water partition coefficient (Wildman–Crippen LogP) is 0.552. The Balaban J connectivity index is 1.83. The van der Waals surface area contributed by atoms with Gasteiger partial charge in [-0.15, -0.1) is 0 Å². The molecule has 0 saturated carbocycles. The number of amides is 1. The molecule has 1 heterocycles. The predicted molar refractivity (Wildman–Crippen MR) is 67.9 cm³/mol. The van der Waals surface area contributed by atoms with Gasteiger partial charge in [0.05, 0.1) is 0 Å². The molecule has 5 heteroatoms. The maximum atomic E-state index is 11.8. The van der Waals surface area contributed by atoms with E-state index in [1.807, 2.05) is 25.2 Å². The molecule has 1 aliphatic rings. The van der Waals surface area contributed by atoms with Gasteiger partial charge < -0.3 is 20.1 Å². The standard InChI is InChI=1S/C13H18N2O3/c1-14-7-4-8-15-13(16)12-9-17-10-5-2-3-6-11(10)18-12/h2-3,5-6,12,14H,4,7-9H2,1H3,(H,15,16). The molecule has 1 atom stereocenters. The summed E-state index contributed by atoms with van der Waals surface area (Å²) in [5, 5.41) is 5.86. The third kappa shape index (κ3) is 3.13. The number of rotatable bonds is 5. The van der Waals surface area contributed by atoms with Gasteiger partial charge in [0.25, 0.3) is 5.91 Å². The Kier molecular flexibility index (Phi) is 4.41. The second kappa shape index (κ2) is 6.26. The largest absolute Gasteiger partial charge is 0.485 e. The Morgan fingerprint density at radius 1 is 1.33 bits per heavy atom. The third-order valence-electron chi connectivity index (χ3n) is 2.70. The van der Waals surface area contributed by atoms with Gasteiger partial charge in [0.2, 0.25) is 6.10 Å². The maximum absolute atomic E-state index is 11.8. The average molecular weight is 250 g/mol. The molecule has 0 aromatic heterocycles. The minimum atomic E-state index is -0.561. The third-order valence-corrected chi connectivity index (χ3v) is 2.70. The number of fused-ring (bicyclic) bond motifs is 1. The summed E-state index contributed by atoms with van der Waals surface area (Å²) in [4.78, 5) is 11.8. The van der Waals surface area contributed by atoms with E-state index in [4.69, 9.17) is 9.47 Å². The van der Waals surface area contributed by atoms with Crippen molar-refractivity contribution in [1.29, 1.82) is 0 Å². The smallest absolute Gasteiger partial charge is 0.264 e. The summed E-state index contributed by atoms with van der Waals surface area (Å²) in [5.41, 5.74) is 0. The maximum Gasteiger partial charge on any atom is 0.264 e. The van der Waals surface area contributed by atoms with Crippen LogP contribution >= 0.6 is 0 Å².